The summed E-state index contributed by atoms with van der Waals surface area (Å²) in [5.74, 6) is -0.968. The highest BCUT2D eigenvalue weighted by molar-refractivity contribution is 5.90. The number of nitrogens with zero attached hydrogens (tertiary/aromatic N) is 2. The molecule has 1 aliphatic rings. The van der Waals surface area contributed by atoms with Gasteiger partial charge in [0.2, 0.25) is 11.8 Å². The molecule has 1 aliphatic heterocycles. The Bertz CT molecular complexity index is 658. The number of carbonyl (C=O) groups excluding carboxylic acids is 2. The second-order valence-corrected chi connectivity index (χ2v) is 5.96. The highest BCUT2D eigenvalue weighted by Gasteiger charge is 2.42. The van der Waals surface area contributed by atoms with Crippen molar-refractivity contribution in [3.05, 3.63) is 41.0 Å². The molecule has 0 radical (unpaired) electrons. The van der Waals surface area contributed by atoms with E-state index in [1.54, 1.807) is 25.8 Å². The Morgan fingerprint density at radius 3 is 2.55 bits per heavy atom. The van der Waals surface area contributed by atoms with Crippen LogP contribution >= 0.6 is 0 Å². The van der Waals surface area contributed by atoms with E-state index < -0.39 is 11.2 Å². The molecule has 6 heteroatoms. The summed E-state index contributed by atoms with van der Waals surface area (Å²) in [6, 6.07) is 3.95. The van der Waals surface area contributed by atoms with Crippen LogP contribution in [0.1, 0.15) is 19.4 Å². The number of carbonyl (C=O) groups is 2. The second kappa shape index (κ2) is 5.76. The van der Waals surface area contributed by atoms with Crippen LogP contribution in [0.4, 0.5) is 10.1 Å². The second-order valence-electron chi connectivity index (χ2n) is 5.96. The lowest BCUT2D eigenvalue weighted by Gasteiger charge is -2.42. The Labute approximate surface area is 128 Å². The van der Waals surface area contributed by atoms with Crippen LogP contribution in [0.25, 0.3) is 4.85 Å². The molecule has 0 aliphatic carbocycles. The number of benzene rings is 1. The molecule has 0 bridgehead atoms. The van der Waals surface area contributed by atoms with Gasteiger partial charge in [0.25, 0.3) is 0 Å². The van der Waals surface area contributed by atoms with E-state index in [2.05, 4.69) is 10.2 Å². The molecule has 1 aromatic rings. The molecule has 22 heavy (non-hydrogen) atoms. The van der Waals surface area contributed by atoms with E-state index in [0.29, 0.717) is 18.7 Å². The van der Waals surface area contributed by atoms with Crippen LogP contribution in [-0.4, -0.2) is 36.9 Å². The summed E-state index contributed by atoms with van der Waals surface area (Å²) in [4.78, 5) is 28.9. The van der Waals surface area contributed by atoms with Crippen LogP contribution in [0, 0.1) is 18.3 Å². The van der Waals surface area contributed by atoms with Gasteiger partial charge in [-0.2, -0.15) is 0 Å². The van der Waals surface area contributed by atoms with Gasteiger partial charge >= 0.3 is 0 Å². The van der Waals surface area contributed by atoms with Crippen molar-refractivity contribution in [3.8, 4) is 0 Å². The molecule has 116 valence electrons. The monoisotopic (exact) mass is 303 g/mol. The maximum Gasteiger partial charge on any atom is 0.232 e. The zero-order valence-corrected chi connectivity index (χ0v) is 12.8. The van der Waals surface area contributed by atoms with Crippen LogP contribution in [-0.2, 0) is 15.0 Å². The lowest BCUT2D eigenvalue weighted by molar-refractivity contribution is -0.146. The molecule has 1 aromatic carbocycles. The van der Waals surface area contributed by atoms with Crippen LogP contribution in [0.15, 0.2) is 18.2 Å². The first kappa shape index (κ1) is 16.0. The number of hydrogen-bond donors (Lipinski definition) is 1. The van der Waals surface area contributed by atoms with E-state index in [0.717, 1.165) is 6.07 Å². The van der Waals surface area contributed by atoms with E-state index in [-0.39, 0.29) is 23.4 Å². The van der Waals surface area contributed by atoms with Crippen molar-refractivity contribution in [2.24, 2.45) is 5.92 Å². The zero-order chi connectivity index (χ0) is 16.5. The Kier molecular flexibility index (Phi) is 4.18. The summed E-state index contributed by atoms with van der Waals surface area (Å²) in [6.45, 7) is 11.1. The third-order valence-electron chi connectivity index (χ3n) is 4.05. The Balaban J connectivity index is 2.17. The minimum atomic E-state index is -0.949. The molecule has 0 atom stereocenters. The molecule has 2 rings (SSSR count). The Morgan fingerprint density at radius 2 is 2.00 bits per heavy atom. The number of hydrogen-bond acceptors (Lipinski definition) is 2. The Morgan fingerprint density at radius 1 is 1.36 bits per heavy atom. The maximum absolute atomic E-state index is 13.6. The molecule has 1 saturated heterocycles. The van der Waals surface area contributed by atoms with E-state index in [1.807, 2.05) is 0 Å². The lowest BCUT2D eigenvalue weighted by atomic mass is 9.81. The third kappa shape index (κ3) is 2.80. The van der Waals surface area contributed by atoms with Crippen molar-refractivity contribution in [1.82, 2.24) is 10.2 Å². The largest absolute Gasteiger partial charge is 0.359 e. The van der Waals surface area contributed by atoms with Crippen LogP contribution in [0.5, 0.6) is 0 Å². The van der Waals surface area contributed by atoms with Crippen molar-refractivity contribution in [2.45, 2.75) is 19.3 Å². The molecule has 0 saturated carbocycles. The first-order chi connectivity index (χ1) is 10.3. The van der Waals surface area contributed by atoms with E-state index in [4.69, 9.17) is 6.57 Å². The highest BCUT2D eigenvalue weighted by atomic mass is 19.1. The minimum Gasteiger partial charge on any atom is -0.359 e. The SMILES string of the molecule is [C-]#[N+]c1cc(F)cc(C(C)(C)C(=O)N2CC(C(=O)NC)C2)c1. The van der Waals surface area contributed by atoms with Gasteiger partial charge in [-0.3, -0.25) is 9.59 Å². The summed E-state index contributed by atoms with van der Waals surface area (Å²) >= 11 is 0. The van der Waals surface area contributed by atoms with Gasteiger partial charge in [-0.1, -0.05) is 6.07 Å². The highest BCUT2D eigenvalue weighted by Crippen LogP contribution is 2.32. The average Bonchev–Trinajstić information content (AvgIpc) is 2.44. The first-order valence-corrected chi connectivity index (χ1v) is 6.99. The molecule has 0 unspecified atom stereocenters. The number of rotatable bonds is 3. The predicted octanol–water partition coefficient (Wildman–Crippen LogP) is 1.86. The summed E-state index contributed by atoms with van der Waals surface area (Å²) < 4.78 is 13.6. The van der Waals surface area contributed by atoms with Gasteiger partial charge in [0.05, 0.1) is 17.9 Å². The molecule has 1 N–H and O–H groups in total. The van der Waals surface area contributed by atoms with E-state index in [9.17, 15) is 14.0 Å². The molecule has 1 fully saturated rings. The summed E-state index contributed by atoms with van der Waals surface area (Å²) in [7, 11) is 1.56. The normalized spacial score (nSPS) is 15.0. The number of amides is 2. The molecular formula is C16H18FN3O2. The number of halogens is 1. The number of likely N-dealkylation sites (tertiary alicyclic amines) is 1. The van der Waals surface area contributed by atoms with Gasteiger partial charge < -0.3 is 10.2 Å². The van der Waals surface area contributed by atoms with Crippen LogP contribution in [0.2, 0.25) is 0 Å². The fraction of sp³-hybridized carbons (Fsp3) is 0.438. The van der Waals surface area contributed by atoms with E-state index in [1.165, 1.54) is 12.1 Å². The van der Waals surface area contributed by atoms with Gasteiger partial charge in [-0.25, -0.2) is 9.24 Å². The minimum absolute atomic E-state index is 0.0806. The fourth-order valence-electron chi connectivity index (χ4n) is 2.53. The Hall–Kier alpha value is -2.42. The van der Waals surface area contributed by atoms with Crippen LogP contribution < -0.4 is 5.32 Å². The zero-order valence-electron chi connectivity index (χ0n) is 12.8. The van der Waals surface area contributed by atoms with Gasteiger partial charge in [-0.15, -0.1) is 0 Å². The van der Waals surface area contributed by atoms with Crippen molar-refractivity contribution in [3.63, 3.8) is 0 Å². The molecular weight excluding hydrogens is 285 g/mol. The van der Waals surface area contributed by atoms with Gasteiger partial charge in [0.15, 0.2) is 5.69 Å². The first-order valence-electron chi connectivity index (χ1n) is 6.99. The third-order valence-corrected chi connectivity index (χ3v) is 4.05. The topological polar surface area (TPSA) is 53.8 Å². The van der Waals surface area contributed by atoms with Crippen molar-refractivity contribution in [1.29, 1.82) is 0 Å². The molecule has 0 spiro atoms. The predicted molar refractivity (Wildman–Crippen MR) is 79.8 cm³/mol. The number of nitrogens with one attached hydrogen (secondary N) is 1. The lowest BCUT2D eigenvalue weighted by Crippen LogP contribution is -2.58. The average molecular weight is 303 g/mol. The molecule has 0 aromatic heterocycles. The molecule has 1 heterocycles. The van der Waals surface area contributed by atoms with E-state index >= 15 is 0 Å². The molecule has 2 amide bonds. The smallest absolute Gasteiger partial charge is 0.232 e. The van der Waals surface area contributed by atoms with Crippen molar-refractivity contribution < 1.29 is 14.0 Å². The summed E-state index contributed by atoms with van der Waals surface area (Å²) in [6.07, 6.45) is 0. The van der Waals surface area contributed by atoms with Gasteiger partial charge in [0, 0.05) is 20.1 Å². The van der Waals surface area contributed by atoms with Crippen LogP contribution in [0.3, 0.4) is 0 Å². The quantitative estimate of drug-likeness (QED) is 0.867. The standard InChI is InChI=1S/C16H18FN3O2/c1-16(2,11-5-12(17)7-13(6-11)18-3)15(22)20-8-10(9-20)14(21)19-4/h5-7,10H,8-9H2,1-2,4H3,(H,19,21). The van der Waals surface area contributed by atoms with Crippen molar-refractivity contribution >= 4 is 17.5 Å². The summed E-state index contributed by atoms with van der Waals surface area (Å²) in [5, 5.41) is 2.56. The summed E-state index contributed by atoms with van der Waals surface area (Å²) in [5.41, 5.74) is -0.315. The molecule has 5 nitrogen and oxygen atoms in total. The maximum atomic E-state index is 13.6. The van der Waals surface area contributed by atoms with Gasteiger partial charge in [-0.05, 0) is 31.5 Å². The fourth-order valence-corrected chi connectivity index (χ4v) is 2.53. The van der Waals surface area contributed by atoms with Gasteiger partial charge in [0.1, 0.15) is 5.82 Å². The van der Waals surface area contributed by atoms with Crippen molar-refractivity contribution in [2.75, 3.05) is 20.1 Å².